The third kappa shape index (κ3) is 2.03. The van der Waals surface area contributed by atoms with E-state index in [1.807, 2.05) is 24.3 Å². The average molecular weight is 214 g/mol. The van der Waals surface area contributed by atoms with E-state index in [1.54, 1.807) is 17.0 Å². The van der Waals surface area contributed by atoms with Gasteiger partial charge in [-0.1, -0.05) is 26.0 Å². The molecule has 3 nitrogen and oxygen atoms in total. The van der Waals surface area contributed by atoms with Crippen LogP contribution in [0.1, 0.15) is 25.3 Å². The van der Waals surface area contributed by atoms with Crippen LogP contribution in [0.3, 0.4) is 0 Å². The Morgan fingerprint density at radius 3 is 2.44 bits per heavy atom. The summed E-state index contributed by atoms with van der Waals surface area (Å²) in [7, 11) is 0. The molecular weight excluding hydrogens is 200 g/mol. The number of aromatic nitrogens is 2. The highest BCUT2D eigenvalue weighted by atomic mass is 16.1. The summed E-state index contributed by atoms with van der Waals surface area (Å²) in [6.45, 7) is 4.29. The summed E-state index contributed by atoms with van der Waals surface area (Å²) in [5.41, 5.74) is 2.03. The summed E-state index contributed by atoms with van der Waals surface area (Å²) in [6.07, 6.45) is 4.60. The molecule has 0 aliphatic rings. The predicted molar refractivity (Wildman–Crippen MR) is 63.9 cm³/mol. The van der Waals surface area contributed by atoms with E-state index >= 15 is 0 Å². The minimum atomic E-state index is -0.111. The van der Waals surface area contributed by atoms with Gasteiger partial charge in [0, 0.05) is 18.1 Å². The van der Waals surface area contributed by atoms with Gasteiger partial charge < -0.3 is 0 Å². The maximum Gasteiger partial charge on any atom is 0.273 e. The number of benzene rings is 1. The van der Waals surface area contributed by atoms with E-state index in [-0.39, 0.29) is 5.56 Å². The van der Waals surface area contributed by atoms with Crippen molar-refractivity contribution in [1.82, 2.24) is 9.55 Å². The van der Waals surface area contributed by atoms with Crippen molar-refractivity contribution in [1.29, 1.82) is 0 Å². The Kier molecular flexibility index (Phi) is 2.86. The Morgan fingerprint density at radius 1 is 1.19 bits per heavy atom. The molecule has 0 aliphatic carbocycles. The Labute approximate surface area is 94.4 Å². The number of hydrogen-bond acceptors (Lipinski definition) is 2. The summed E-state index contributed by atoms with van der Waals surface area (Å²) >= 11 is 0. The van der Waals surface area contributed by atoms with Gasteiger partial charge in [-0.05, 0) is 23.6 Å². The topological polar surface area (TPSA) is 34.9 Å². The fourth-order valence-electron chi connectivity index (χ4n) is 1.58. The average Bonchev–Trinajstić information content (AvgIpc) is 2.30. The smallest absolute Gasteiger partial charge is 0.273 e. The molecule has 1 aromatic carbocycles. The third-order valence-corrected chi connectivity index (χ3v) is 2.56. The molecule has 0 bridgehead atoms. The molecule has 2 rings (SSSR count). The zero-order valence-electron chi connectivity index (χ0n) is 9.42. The third-order valence-electron chi connectivity index (χ3n) is 2.56. The van der Waals surface area contributed by atoms with Crippen molar-refractivity contribution in [2.24, 2.45) is 0 Å². The highest BCUT2D eigenvalue weighted by molar-refractivity contribution is 5.35. The highest BCUT2D eigenvalue weighted by Gasteiger charge is 2.01. The number of nitrogens with zero attached hydrogens (tertiary/aromatic N) is 2. The van der Waals surface area contributed by atoms with Gasteiger partial charge in [-0.15, -0.1) is 0 Å². The molecule has 0 unspecified atom stereocenters. The normalized spacial score (nSPS) is 10.7. The molecule has 0 aliphatic heterocycles. The zero-order chi connectivity index (χ0) is 11.5. The van der Waals surface area contributed by atoms with E-state index in [9.17, 15) is 4.79 Å². The largest absolute Gasteiger partial charge is 0.281 e. The Bertz CT molecular complexity index is 526. The van der Waals surface area contributed by atoms with Crippen LogP contribution in [0.25, 0.3) is 5.69 Å². The Morgan fingerprint density at radius 2 is 1.88 bits per heavy atom. The van der Waals surface area contributed by atoms with Crippen LogP contribution >= 0.6 is 0 Å². The minimum Gasteiger partial charge on any atom is -0.281 e. The maximum atomic E-state index is 11.5. The molecule has 16 heavy (non-hydrogen) atoms. The van der Waals surface area contributed by atoms with Crippen molar-refractivity contribution in [3.63, 3.8) is 0 Å². The second-order valence-electron chi connectivity index (χ2n) is 4.03. The lowest BCUT2D eigenvalue weighted by molar-refractivity contribution is 0.863. The zero-order valence-corrected chi connectivity index (χ0v) is 9.42. The van der Waals surface area contributed by atoms with Gasteiger partial charge in [0.2, 0.25) is 0 Å². The molecular formula is C13H14N2O. The van der Waals surface area contributed by atoms with Crippen LogP contribution in [-0.2, 0) is 0 Å². The van der Waals surface area contributed by atoms with Crippen molar-refractivity contribution in [3.05, 3.63) is 58.8 Å². The summed E-state index contributed by atoms with van der Waals surface area (Å²) in [5.74, 6) is 0.503. The van der Waals surface area contributed by atoms with Crippen LogP contribution in [0.4, 0.5) is 0 Å². The van der Waals surface area contributed by atoms with E-state index in [4.69, 9.17) is 0 Å². The van der Waals surface area contributed by atoms with Gasteiger partial charge in [0.05, 0.1) is 6.20 Å². The maximum absolute atomic E-state index is 11.5. The van der Waals surface area contributed by atoms with Crippen molar-refractivity contribution < 1.29 is 0 Å². The first-order valence-corrected chi connectivity index (χ1v) is 5.31. The first-order chi connectivity index (χ1) is 7.68. The first kappa shape index (κ1) is 10.6. The first-order valence-electron chi connectivity index (χ1n) is 5.31. The van der Waals surface area contributed by atoms with Crippen LogP contribution in [0.15, 0.2) is 47.7 Å². The standard InChI is InChI=1S/C13H14N2O/c1-10(2)11-3-5-12(6-4-11)15-8-7-14-9-13(15)16/h3-10H,1-2H3. The lowest BCUT2D eigenvalue weighted by Crippen LogP contribution is -2.16. The van der Waals surface area contributed by atoms with Crippen LogP contribution in [0.5, 0.6) is 0 Å². The second kappa shape index (κ2) is 4.31. The Balaban J connectivity index is 2.43. The SMILES string of the molecule is CC(C)c1ccc(-n2ccncc2=O)cc1. The molecule has 0 amide bonds. The lowest BCUT2D eigenvalue weighted by atomic mass is 10.0. The van der Waals surface area contributed by atoms with Crippen LogP contribution in [0.2, 0.25) is 0 Å². The molecule has 0 spiro atoms. The number of hydrogen-bond donors (Lipinski definition) is 0. The summed E-state index contributed by atoms with van der Waals surface area (Å²) in [5, 5.41) is 0. The van der Waals surface area contributed by atoms with Crippen molar-refractivity contribution in [2.75, 3.05) is 0 Å². The van der Waals surface area contributed by atoms with Gasteiger partial charge in [-0.25, -0.2) is 0 Å². The van der Waals surface area contributed by atoms with Gasteiger partial charge in [0.1, 0.15) is 0 Å². The molecule has 0 saturated carbocycles. The van der Waals surface area contributed by atoms with E-state index < -0.39 is 0 Å². The second-order valence-corrected chi connectivity index (χ2v) is 4.03. The van der Waals surface area contributed by atoms with Gasteiger partial charge in [0.25, 0.3) is 5.56 Å². The van der Waals surface area contributed by atoms with Crippen LogP contribution < -0.4 is 5.56 Å². The molecule has 0 radical (unpaired) electrons. The summed E-state index contributed by atoms with van der Waals surface area (Å²) in [6, 6.07) is 8.01. The fraction of sp³-hybridized carbons (Fsp3) is 0.231. The Hall–Kier alpha value is -1.90. The van der Waals surface area contributed by atoms with Crippen molar-refractivity contribution >= 4 is 0 Å². The minimum absolute atomic E-state index is 0.111. The highest BCUT2D eigenvalue weighted by Crippen LogP contribution is 2.15. The summed E-state index contributed by atoms with van der Waals surface area (Å²) in [4.78, 5) is 15.3. The lowest BCUT2D eigenvalue weighted by Gasteiger charge is -2.08. The van der Waals surface area contributed by atoms with Gasteiger partial charge in [-0.3, -0.25) is 14.3 Å². The van der Waals surface area contributed by atoms with Crippen molar-refractivity contribution in [3.8, 4) is 5.69 Å². The van der Waals surface area contributed by atoms with Crippen LogP contribution in [0, 0.1) is 0 Å². The molecule has 0 N–H and O–H groups in total. The van der Waals surface area contributed by atoms with Gasteiger partial charge in [0.15, 0.2) is 0 Å². The van der Waals surface area contributed by atoms with E-state index in [0.717, 1.165) is 5.69 Å². The van der Waals surface area contributed by atoms with Crippen molar-refractivity contribution in [2.45, 2.75) is 19.8 Å². The summed E-state index contributed by atoms with van der Waals surface area (Å²) < 4.78 is 1.58. The molecule has 0 atom stereocenters. The van der Waals surface area contributed by atoms with E-state index in [1.165, 1.54) is 11.8 Å². The predicted octanol–water partition coefficient (Wildman–Crippen LogP) is 2.36. The van der Waals surface area contributed by atoms with E-state index in [2.05, 4.69) is 18.8 Å². The molecule has 1 aromatic heterocycles. The monoisotopic (exact) mass is 214 g/mol. The van der Waals surface area contributed by atoms with Crippen LogP contribution in [-0.4, -0.2) is 9.55 Å². The number of rotatable bonds is 2. The van der Waals surface area contributed by atoms with Gasteiger partial charge in [-0.2, -0.15) is 0 Å². The van der Waals surface area contributed by atoms with E-state index in [0.29, 0.717) is 5.92 Å². The molecule has 2 aromatic rings. The quantitative estimate of drug-likeness (QED) is 0.769. The molecule has 3 heteroatoms. The van der Waals surface area contributed by atoms with Gasteiger partial charge >= 0.3 is 0 Å². The molecule has 1 heterocycles. The molecule has 0 fully saturated rings. The molecule has 0 saturated heterocycles. The molecule has 82 valence electrons. The fourth-order valence-corrected chi connectivity index (χ4v) is 1.58.